The lowest BCUT2D eigenvalue weighted by molar-refractivity contribution is 0.0691. The molecule has 0 unspecified atom stereocenters. The van der Waals surface area contributed by atoms with Gasteiger partial charge in [-0.2, -0.15) is 0 Å². The summed E-state index contributed by atoms with van der Waals surface area (Å²) >= 11 is 1.47. The summed E-state index contributed by atoms with van der Waals surface area (Å²) in [6, 6.07) is 5.93. The van der Waals surface area contributed by atoms with E-state index in [0.29, 0.717) is 10.6 Å². The van der Waals surface area contributed by atoms with Crippen molar-refractivity contribution in [3.63, 3.8) is 0 Å². The molecule has 1 heterocycles. The van der Waals surface area contributed by atoms with Gasteiger partial charge >= 0.3 is 5.97 Å². The number of carbonyl (C=O) groups is 1. The molecule has 4 heteroatoms. The summed E-state index contributed by atoms with van der Waals surface area (Å²) in [5, 5.41) is 10.9. The number of aryl methyl sites for hydroxylation is 2. The molecule has 2 aromatic rings. The second-order valence-electron chi connectivity index (χ2n) is 4.18. The Bertz CT molecular complexity index is 623. The lowest BCUT2D eigenvalue weighted by Gasteiger charge is -2.11. The van der Waals surface area contributed by atoms with Crippen LogP contribution in [0.1, 0.15) is 28.4 Å². The van der Waals surface area contributed by atoms with Crippen molar-refractivity contribution in [2.24, 2.45) is 0 Å². The Kier molecular flexibility index (Phi) is 3.57. The number of aromatic nitrogens is 1. The van der Waals surface area contributed by atoms with E-state index in [9.17, 15) is 9.90 Å². The van der Waals surface area contributed by atoms with Gasteiger partial charge in [0.25, 0.3) is 0 Å². The fraction of sp³-hybridized carbons (Fsp3) is 0.286. The third-order valence-corrected chi connectivity index (χ3v) is 3.72. The van der Waals surface area contributed by atoms with Crippen LogP contribution in [0.4, 0.5) is 0 Å². The van der Waals surface area contributed by atoms with Crippen molar-refractivity contribution in [2.75, 3.05) is 5.75 Å². The maximum atomic E-state index is 11.4. The average Bonchev–Trinajstić information content (AvgIpc) is 2.30. The fourth-order valence-electron chi connectivity index (χ4n) is 2.00. The Hall–Kier alpha value is -1.55. The van der Waals surface area contributed by atoms with Gasteiger partial charge in [-0.05, 0) is 37.3 Å². The smallest absolute Gasteiger partial charge is 0.338 e. The highest BCUT2D eigenvalue weighted by Crippen LogP contribution is 2.29. The van der Waals surface area contributed by atoms with Crippen LogP contribution in [0, 0.1) is 13.8 Å². The molecule has 1 N–H and O–H groups in total. The normalized spacial score (nSPS) is 10.8. The zero-order chi connectivity index (χ0) is 13.3. The zero-order valence-corrected chi connectivity index (χ0v) is 11.5. The first-order valence-corrected chi connectivity index (χ1v) is 6.80. The molecule has 0 saturated carbocycles. The van der Waals surface area contributed by atoms with Crippen molar-refractivity contribution in [1.29, 1.82) is 0 Å². The van der Waals surface area contributed by atoms with Gasteiger partial charge in [0.1, 0.15) is 5.03 Å². The molecule has 0 saturated heterocycles. The van der Waals surface area contributed by atoms with Gasteiger partial charge in [-0.1, -0.05) is 18.6 Å². The molecule has 2 rings (SSSR count). The fourth-order valence-corrected chi connectivity index (χ4v) is 2.82. The third-order valence-electron chi connectivity index (χ3n) is 2.86. The van der Waals surface area contributed by atoms with Gasteiger partial charge in [-0.15, -0.1) is 11.8 Å². The molecule has 3 nitrogen and oxygen atoms in total. The van der Waals surface area contributed by atoms with E-state index in [1.165, 1.54) is 11.8 Å². The Balaban J connectivity index is 2.81. The largest absolute Gasteiger partial charge is 0.478 e. The molecule has 0 amide bonds. The predicted molar refractivity (Wildman–Crippen MR) is 74.6 cm³/mol. The number of carboxylic acid groups (broad SMARTS) is 1. The van der Waals surface area contributed by atoms with Gasteiger partial charge in [0.15, 0.2) is 0 Å². The molecule has 0 fully saturated rings. The quantitative estimate of drug-likeness (QED) is 0.857. The number of aromatic carboxylic acids is 1. The van der Waals surface area contributed by atoms with E-state index < -0.39 is 5.97 Å². The lowest BCUT2D eigenvalue weighted by Crippen LogP contribution is -2.05. The highest BCUT2D eigenvalue weighted by atomic mass is 32.2. The molecule has 94 valence electrons. The zero-order valence-electron chi connectivity index (χ0n) is 10.7. The number of rotatable bonds is 3. The second-order valence-corrected chi connectivity index (χ2v) is 5.43. The number of carboxylic acids is 1. The maximum absolute atomic E-state index is 11.4. The first-order chi connectivity index (χ1) is 8.54. The van der Waals surface area contributed by atoms with Crippen LogP contribution in [-0.4, -0.2) is 21.8 Å². The van der Waals surface area contributed by atoms with Crippen LogP contribution in [0.5, 0.6) is 0 Å². The Morgan fingerprint density at radius 2 is 2.11 bits per heavy atom. The Morgan fingerprint density at radius 3 is 2.72 bits per heavy atom. The molecule has 1 aromatic carbocycles. The van der Waals surface area contributed by atoms with Crippen molar-refractivity contribution < 1.29 is 9.90 Å². The van der Waals surface area contributed by atoms with E-state index >= 15 is 0 Å². The van der Waals surface area contributed by atoms with Crippen molar-refractivity contribution in [3.8, 4) is 0 Å². The average molecular weight is 261 g/mol. The summed E-state index contributed by atoms with van der Waals surface area (Å²) < 4.78 is 0. The van der Waals surface area contributed by atoms with Crippen LogP contribution >= 0.6 is 11.8 Å². The minimum absolute atomic E-state index is 0.333. The molecule has 0 radical (unpaired) electrons. The van der Waals surface area contributed by atoms with Gasteiger partial charge in [0.05, 0.1) is 11.1 Å². The molecule has 0 spiro atoms. The molecule has 1 aromatic heterocycles. The van der Waals surface area contributed by atoms with Gasteiger partial charge in [0, 0.05) is 5.39 Å². The van der Waals surface area contributed by atoms with Crippen molar-refractivity contribution in [1.82, 2.24) is 4.98 Å². The third kappa shape index (κ3) is 2.20. The first-order valence-electron chi connectivity index (χ1n) is 5.81. The van der Waals surface area contributed by atoms with E-state index in [4.69, 9.17) is 0 Å². The number of pyridine rings is 1. The van der Waals surface area contributed by atoms with Gasteiger partial charge in [-0.3, -0.25) is 0 Å². The Morgan fingerprint density at radius 1 is 1.39 bits per heavy atom. The molecule has 0 aliphatic rings. The molecule has 0 atom stereocenters. The van der Waals surface area contributed by atoms with E-state index in [1.807, 2.05) is 39.0 Å². The second kappa shape index (κ2) is 4.98. The van der Waals surface area contributed by atoms with Crippen LogP contribution in [-0.2, 0) is 0 Å². The number of hydrogen-bond donors (Lipinski definition) is 1. The van der Waals surface area contributed by atoms with Crippen LogP contribution < -0.4 is 0 Å². The minimum atomic E-state index is -0.903. The van der Waals surface area contributed by atoms with E-state index in [-0.39, 0.29) is 0 Å². The summed E-state index contributed by atoms with van der Waals surface area (Å²) in [6.45, 7) is 5.84. The van der Waals surface area contributed by atoms with Crippen LogP contribution in [0.3, 0.4) is 0 Å². The number of fused-ring (bicyclic) bond motifs is 1. The van der Waals surface area contributed by atoms with Crippen LogP contribution in [0.15, 0.2) is 23.2 Å². The number of hydrogen-bond acceptors (Lipinski definition) is 3. The molecule has 18 heavy (non-hydrogen) atoms. The number of thioether (sulfide) groups is 1. The molecular weight excluding hydrogens is 246 g/mol. The highest BCUT2D eigenvalue weighted by molar-refractivity contribution is 7.99. The van der Waals surface area contributed by atoms with Gasteiger partial charge in [0.2, 0.25) is 0 Å². The van der Waals surface area contributed by atoms with Crippen LogP contribution in [0.25, 0.3) is 10.9 Å². The lowest BCUT2D eigenvalue weighted by atomic mass is 10.0. The molecular formula is C14H15NO2S. The van der Waals surface area contributed by atoms with Crippen molar-refractivity contribution in [3.05, 3.63) is 34.9 Å². The van der Waals surface area contributed by atoms with E-state index in [0.717, 1.165) is 27.8 Å². The maximum Gasteiger partial charge on any atom is 0.338 e. The van der Waals surface area contributed by atoms with Gasteiger partial charge < -0.3 is 5.11 Å². The number of benzene rings is 1. The number of nitrogens with zero attached hydrogens (tertiary/aromatic N) is 1. The first kappa shape index (κ1) is 12.9. The molecule has 0 aliphatic carbocycles. The summed E-state index contributed by atoms with van der Waals surface area (Å²) in [7, 11) is 0. The summed E-state index contributed by atoms with van der Waals surface area (Å²) in [5.74, 6) is -0.0938. The van der Waals surface area contributed by atoms with Gasteiger partial charge in [-0.25, -0.2) is 9.78 Å². The highest BCUT2D eigenvalue weighted by Gasteiger charge is 2.17. The SMILES string of the molecule is CCSc1nc2ccc(C)cc2c(C)c1C(=O)O. The van der Waals surface area contributed by atoms with Crippen molar-refractivity contribution >= 4 is 28.6 Å². The standard InChI is InChI=1S/C14H15NO2S/c1-4-18-13-12(14(16)17)9(3)10-7-8(2)5-6-11(10)15-13/h5-7H,4H2,1-3H3,(H,16,17). The predicted octanol–water partition coefficient (Wildman–Crippen LogP) is 3.66. The Labute approximate surface area is 110 Å². The minimum Gasteiger partial charge on any atom is -0.478 e. The molecule has 0 bridgehead atoms. The van der Waals surface area contributed by atoms with E-state index in [1.54, 1.807) is 0 Å². The molecule has 0 aliphatic heterocycles. The summed E-state index contributed by atoms with van der Waals surface area (Å²) in [5.41, 5.74) is 3.10. The van der Waals surface area contributed by atoms with Crippen molar-refractivity contribution in [2.45, 2.75) is 25.8 Å². The topological polar surface area (TPSA) is 50.2 Å². The monoisotopic (exact) mass is 261 g/mol. The summed E-state index contributed by atoms with van der Waals surface area (Å²) in [6.07, 6.45) is 0. The summed E-state index contributed by atoms with van der Waals surface area (Å²) in [4.78, 5) is 15.9. The van der Waals surface area contributed by atoms with E-state index in [2.05, 4.69) is 4.98 Å². The van der Waals surface area contributed by atoms with Crippen LogP contribution in [0.2, 0.25) is 0 Å².